The second-order valence-electron chi connectivity index (χ2n) is 6.09. The van der Waals surface area contributed by atoms with Crippen molar-refractivity contribution in [3.05, 3.63) is 42.0 Å². The molecule has 0 spiro atoms. The van der Waals surface area contributed by atoms with Crippen molar-refractivity contribution in [2.45, 2.75) is 33.1 Å². The van der Waals surface area contributed by atoms with Gasteiger partial charge in [-0.2, -0.15) is 0 Å². The van der Waals surface area contributed by atoms with Crippen molar-refractivity contribution in [3.63, 3.8) is 0 Å². The van der Waals surface area contributed by atoms with Gasteiger partial charge in [0.2, 0.25) is 5.91 Å². The quantitative estimate of drug-likeness (QED) is 0.775. The highest BCUT2D eigenvalue weighted by Crippen LogP contribution is 2.17. The van der Waals surface area contributed by atoms with Crippen LogP contribution in [0.5, 0.6) is 0 Å². The number of aryl methyl sites for hydroxylation is 1. The highest BCUT2D eigenvalue weighted by atomic mass is 16.2. The minimum Gasteiger partial charge on any atom is -0.358 e. The Kier molecular flexibility index (Phi) is 5.43. The van der Waals surface area contributed by atoms with Gasteiger partial charge in [0.05, 0.1) is 6.54 Å². The number of piperidine rings is 1. The molecule has 1 aromatic carbocycles. The molecule has 0 bridgehead atoms. The molecule has 0 aliphatic carbocycles. The minimum absolute atomic E-state index is 0.233. The van der Waals surface area contributed by atoms with Gasteiger partial charge in [-0.3, -0.25) is 4.79 Å². The van der Waals surface area contributed by atoms with Crippen LogP contribution >= 0.6 is 0 Å². The lowest BCUT2D eigenvalue weighted by Crippen LogP contribution is -2.43. The second-order valence-corrected chi connectivity index (χ2v) is 6.09. The molecule has 1 aliphatic heterocycles. The summed E-state index contributed by atoms with van der Waals surface area (Å²) in [5.74, 6) is 0.233. The maximum absolute atomic E-state index is 12.5. The van der Waals surface area contributed by atoms with Crippen LogP contribution in [0.3, 0.4) is 0 Å². The zero-order chi connectivity index (χ0) is 15.2. The predicted octanol–water partition coefficient (Wildman–Crippen LogP) is 3.39. The monoisotopic (exact) mass is 286 g/mol. The molecule has 3 nitrogen and oxygen atoms in total. The lowest BCUT2D eigenvalue weighted by atomic mass is 10.1. The van der Waals surface area contributed by atoms with Crippen molar-refractivity contribution in [1.29, 1.82) is 0 Å². The lowest BCUT2D eigenvalue weighted by molar-refractivity contribution is -0.130. The predicted molar refractivity (Wildman–Crippen MR) is 88.6 cm³/mol. The molecular formula is C18H26N2O. The van der Waals surface area contributed by atoms with E-state index in [1.54, 1.807) is 0 Å². The molecule has 0 atom stereocenters. The third-order valence-electron chi connectivity index (χ3n) is 3.89. The fraction of sp³-hybridized carbons (Fsp3) is 0.500. The highest BCUT2D eigenvalue weighted by Gasteiger charge is 2.19. The Balaban J connectivity index is 2.06. The zero-order valence-electron chi connectivity index (χ0n) is 13.3. The summed E-state index contributed by atoms with van der Waals surface area (Å²) in [6.45, 7) is 11.1. The standard InChI is InChI=1S/C18H26N2O/c1-15(2)13-20(17-9-7-16(3)8-10-17)14-18(21)19-11-5-4-6-12-19/h7-10H,1,4-6,11-14H2,2-3H3. The highest BCUT2D eigenvalue weighted by molar-refractivity contribution is 5.81. The van der Waals surface area contributed by atoms with Gasteiger partial charge in [0, 0.05) is 25.3 Å². The van der Waals surface area contributed by atoms with Crippen molar-refractivity contribution < 1.29 is 4.79 Å². The lowest BCUT2D eigenvalue weighted by Gasteiger charge is -2.31. The number of nitrogens with zero attached hydrogens (tertiary/aromatic N) is 2. The number of likely N-dealkylation sites (tertiary alicyclic amines) is 1. The van der Waals surface area contributed by atoms with Gasteiger partial charge in [-0.25, -0.2) is 0 Å². The van der Waals surface area contributed by atoms with E-state index in [1.807, 2.05) is 11.8 Å². The summed E-state index contributed by atoms with van der Waals surface area (Å²) in [5, 5.41) is 0. The molecule has 0 unspecified atom stereocenters. The molecule has 114 valence electrons. The Labute approximate surface area is 128 Å². The Hall–Kier alpha value is -1.77. The van der Waals surface area contributed by atoms with Gasteiger partial charge >= 0.3 is 0 Å². The van der Waals surface area contributed by atoms with E-state index < -0.39 is 0 Å². The summed E-state index contributed by atoms with van der Waals surface area (Å²) < 4.78 is 0. The van der Waals surface area contributed by atoms with Crippen molar-refractivity contribution in [3.8, 4) is 0 Å². The first-order valence-corrected chi connectivity index (χ1v) is 7.80. The summed E-state index contributed by atoms with van der Waals surface area (Å²) in [5.41, 5.74) is 3.40. The molecule has 0 aromatic heterocycles. The van der Waals surface area contributed by atoms with Gasteiger partial charge in [0.1, 0.15) is 0 Å². The second kappa shape index (κ2) is 7.30. The molecule has 2 rings (SSSR count). The van der Waals surface area contributed by atoms with Crippen LogP contribution in [0.2, 0.25) is 0 Å². The Morgan fingerprint density at radius 3 is 2.33 bits per heavy atom. The van der Waals surface area contributed by atoms with Crippen LogP contribution in [0.15, 0.2) is 36.4 Å². The number of benzene rings is 1. The summed E-state index contributed by atoms with van der Waals surface area (Å²) >= 11 is 0. The molecule has 1 aromatic rings. The number of amides is 1. The molecule has 1 fully saturated rings. The maximum atomic E-state index is 12.5. The van der Waals surface area contributed by atoms with Crippen molar-refractivity contribution >= 4 is 11.6 Å². The average Bonchev–Trinajstić information content (AvgIpc) is 2.48. The third-order valence-corrected chi connectivity index (χ3v) is 3.89. The molecule has 1 heterocycles. The summed E-state index contributed by atoms with van der Waals surface area (Å²) in [7, 11) is 0. The van der Waals surface area contributed by atoms with Crippen LogP contribution in [0.25, 0.3) is 0 Å². The Morgan fingerprint density at radius 2 is 1.76 bits per heavy atom. The van der Waals surface area contributed by atoms with Gasteiger partial charge in [0.25, 0.3) is 0 Å². The normalized spacial score (nSPS) is 14.9. The Morgan fingerprint density at radius 1 is 1.14 bits per heavy atom. The number of hydrogen-bond donors (Lipinski definition) is 0. The molecule has 21 heavy (non-hydrogen) atoms. The van der Waals surface area contributed by atoms with Crippen LogP contribution in [-0.2, 0) is 4.79 Å². The van der Waals surface area contributed by atoms with Gasteiger partial charge < -0.3 is 9.80 Å². The van der Waals surface area contributed by atoms with Crippen LogP contribution in [-0.4, -0.2) is 37.0 Å². The van der Waals surface area contributed by atoms with Crippen molar-refractivity contribution in [2.24, 2.45) is 0 Å². The fourth-order valence-electron chi connectivity index (χ4n) is 2.73. The van der Waals surface area contributed by atoms with E-state index in [1.165, 1.54) is 12.0 Å². The fourth-order valence-corrected chi connectivity index (χ4v) is 2.73. The summed E-state index contributed by atoms with van der Waals surface area (Å²) in [6, 6.07) is 8.35. The number of carbonyl (C=O) groups is 1. The molecule has 3 heteroatoms. The Bertz CT molecular complexity index is 486. The first-order valence-electron chi connectivity index (χ1n) is 7.80. The molecule has 1 saturated heterocycles. The number of hydrogen-bond acceptors (Lipinski definition) is 2. The van der Waals surface area contributed by atoms with Crippen molar-refractivity contribution in [2.75, 3.05) is 31.1 Å². The zero-order valence-corrected chi connectivity index (χ0v) is 13.3. The van der Waals surface area contributed by atoms with E-state index in [4.69, 9.17) is 0 Å². The van der Waals surface area contributed by atoms with E-state index in [0.29, 0.717) is 6.54 Å². The first-order chi connectivity index (χ1) is 10.1. The van der Waals surface area contributed by atoms with E-state index in [2.05, 4.69) is 42.7 Å². The number of anilines is 1. The SMILES string of the molecule is C=C(C)CN(CC(=O)N1CCCCC1)c1ccc(C)cc1. The average molecular weight is 286 g/mol. The number of rotatable bonds is 5. The third kappa shape index (κ3) is 4.62. The maximum Gasteiger partial charge on any atom is 0.242 e. The topological polar surface area (TPSA) is 23.6 Å². The van der Waals surface area contributed by atoms with Crippen LogP contribution in [0.4, 0.5) is 5.69 Å². The summed E-state index contributed by atoms with van der Waals surface area (Å²) in [4.78, 5) is 16.6. The number of carbonyl (C=O) groups excluding carboxylic acids is 1. The molecule has 1 aliphatic rings. The largest absolute Gasteiger partial charge is 0.358 e. The first kappa shape index (κ1) is 15.6. The van der Waals surface area contributed by atoms with Crippen LogP contribution in [0, 0.1) is 6.92 Å². The molecule has 0 N–H and O–H groups in total. The molecule has 0 radical (unpaired) electrons. The van der Waals surface area contributed by atoms with Gasteiger partial charge in [-0.15, -0.1) is 0 Å². The van der Waals surface area contributed by atoms with Crippen molar-refractivity contribution in [1.82, 2.24) is 4.90 Å². The van der Waals surface area contributed by atoms with E-state index in [-0.39, 0.29) is 5.91 Å². The summed E-state index contributed by atoms with van der Waals surface area (Å²) in [6.07, 6.45) is 3.52. The van der Waals surface area contributed by atoms with Crippen LogP contribution < -0.4 is 4.90 Å². The molecule has 0 saturated carbocycles. The van der Waals surface area contributed by atoms with Gasteiger partial charge in [0.15, 0.2) is 0 Å². The van der Waals surface area contributed by atoms with E-state index >= 15 is 0 Å². The smallest absolute Gasteiger partial charge is 0.242 e. The van der Waals surface area contributed by atoms with E-state index in [0.717, 1.165) is 43.7 Å². The molecule has 1 amide bonds. The minimum atomic E-state index is 0.233. The van der Waals surface area contributed by atoms with E-state index in [9.17, 15) is 4.79 Å². The molecular weight excluding hydrogens is 260 g/mol. The van der Waals surface area contributed by atoms with Crippen LogP contribution in [0.1, 0.15) is 31.7 Å². The van der Waals surface area contributed by atoms with Gasteiger partial charge in [-0.1, -0.05) is 29.8 Å². The van der Waals surface area contributed by atoms with Gasteiger partial charge in [-0.05, 0) is 45.2 Å².